The molecule has 5 rings (SSSR count). The van der Waals surface area contributed by atoms with Gasteiger partial charge in [0.25, 0.3) is 0 Å². The summed E-state index contributed by atoms with van der Waals surface area (Å²) in [6.45, 7) is 3.99. The van der Waals surface area contributed by atoms with Gasteiger partial charge in [-0.2, -0.15) is 0 Å². The van der Waals surface area contributed by atoms with Crippen LogP contribution in [-0.4, -0.2) is 11.8 Å². The number of benzene rings is 3. The molecule has 3 nitrogen and oxygen atoms in total. The van der Waals surface area contributed by atoms with Crippen LogP contribution in [0.3, 0.4) is 0 Å². The van der Waals surface area contributed by atoms with Gasteiger partial charge >= 0.3 is 0 Å². The quantitative estimate of drug-likeness (QED) is 0.422. The van der Waals surface area contributed by atoms with Crippen molar-refractivity contribution >= 4 is 17.5 Å². The first-order valence-electron chi connectivity index (χ1n) is 10.8. The second-order valence-corrected chi connectivity index (χ2v) is 8.54. The number of allylic oxidation sites excluding steroid dienone is 2. The third kappa shape index (κ3) is 3.12. The van der Waals surface area contributed by atoms with E-state index in [-0.39, 0.29) is 23.7 Å². The van der Waals surface area contributed by atoms with E-state index in [4.69, 9.17) is 0 Å². The van der Waals surface area contributed by atoms with E-state index in [1.165, 1.54) is 4.90 Å². The van der Waals surface area contributed by atoms with E-state index in [9.17, 15) is 9.59 Å². The monoisotopic (exact) mass is 407 g/mol. The van der Waals surface area contributed by atoms with Crippen molar-refractivity contribution in [2.45, 2.75) is 25.7 Å². The Hall–Kier alpha value is -3.46. The normalized spacial score (nSPS) is 25.0. The third-order valence-electron chi connectivity index (χ3n) is 6.88. The lowest BCUT2D eigenvalue weighted by atomic mass is 9.68. The van der Waals surface area contributed by atoms with Gasteiger partial charge < -0.3 is 0 Å². The highest BCUT2D eigenvalue weighted by molar-refractivity contribution is 6.23. The fraction of sp³-hybridized carbons (Fsp3) is 0.214. The number of hydrogen-bond donors (Lipinski definition) is 0. The summed E-state index contributed by atoms with van der Waals surface area (Å²) in [5.41, 5.74) is 4.91. The zero-order valence-electron chi connectivity index (χ0n) is 17.7. The third-order valence-corrected chi connectivity index (χ3v) is 6.88. The summed E-state index contributed by atoms with van der Waals surface area (Å²) in [5, 5.41) is 0. The van der Waals surface area contributed by atoms with Crippen LogP contribution in [0.1, 0.15) is 34.1 Å². The van der Waals surface area contributed by atoms with Gasteiger partial charge in [-0.15, -0.1) is 0 Å². The largest absolute Gasteiger partial charge is 0.274 e. The van der Waals surface area contributed by atoms with Crippen molar-refractivity contribution in [1.82, 2.24) is 0 Å². The number of imide groups is 1. The maximum absolute atomic E-state index is 13.8. The van der Waals surface area contributed by atoms with Crippen molar-refractivity contribution in [3.05, 3.63) is 113 Å². The minimum absolute atomic E-state index is 0.0946. The van der Waals surface area contributed by atoms with Crippen LogP contribution < -0.4 is 4.90 Å². The maximum atomic E-state index is 13.8. The van der Waals surface area contributed by atoms with Crippen LogP contribution in [0.5, 0.6) is 0 Å². The van der Waals surface area contributed by atoms with E-state index in [0.717, 1.165) is 22.3 Å². The Morgan fingerprint density at radius 2 is 1.10 bits per heavy atom. The van der Waals surface area contributed by atoms with Gasteiger partial charge in [0, 0.05) is 11.8 Å². The zero-order valence-corrected chi connectivity index (χ0v) is 17.7. The Labute approximate surface area is 183 Å². The number of carbonyl (C=O) groups excluding carboxylic acids is 2. The van der Waals surface area contributed by atoms with Gasteiger partial charge in [0.1, 0.15) is 0 Å². The summed E-state index contributed by atoms with van der Waals surface area (Å²) in [4.78, 5) is 29.1. The predicted octanol–water partition coefficient (Wildman–Crippen LogP) is 5.55. The van der Waals surface area contributed by atoms with Crippen LogP contribution >= 0.6 is 0 Å². The molecule has 1 aliphatic carbocycles. The van der Waals surface area contributed by atoms with E-state index in [0.29, 0.717) is 5.69 Å². The summed E-state index contributed by atoms with van der Waals surface area (Å²) in [5.74, 6) is -1.24. The molecule has 2 aliphatic rings. The Balaban J connectivity index is 1.65. The van der Waals surface area contributed by atoms with Crippen LogP contribution in [0.2, 0.25) is 0 Å². The minimum atomic E-state index is -0.412. The van der Waals surface area contributed by atoms with Crippen LogP contribution in [0.4, 0.5) is 5.69 Å². The zero-order chi connectivity index (χ0) is 21.5. The van der Waals surface area contributed by atoms with Crippen LogP contribution in [-0.2, 0) is 9.59 Å². The van der Waals surface area contributed by atoms with Gasteiger partial charge in [-0.25, -0.2) is 4.90 Å². The number of rotatable bonds is 3. The van der Waals surface area contributed by atoms with Crippen LogP contribution in [0, 0.1) is 25.7 Å². The molecular formula is C28H25NO2. The first-order valence-corrected chi connectivity index (χ1v) is 10.8. The lowest BCUT2D eigenvalue weighted by Gasteiger charge is -2.32. The van der Waals surface area contributed by atoms with Crippen molar-refractivity contribution in [3.63, 3.8) is 0 Å². The van der Waals surface area contributed by atoms with Crippen LogP contribution in [0.15, 0.2) is 91.0 Å². The molecule has 0 aromatic heterocycles. The standard InChI is InChI=1S/C28H25NO2/c1-18-10-9-15-24(19(18)2)29-27(30)25-22(20-11-5-3-6-12-20)16-17-23(26(25)28(29)31)21-13-7-4-8-14-21/h3-17,22-23,25-26H,1-2H3/t22-,23+,25-,26+. The molecule has 2 amide bonds. The molecular weight excluding hydrogens is 382 g/mol. The second kappa shape index (κ2) is 7.66. The van der Waals surface area contributed by atoms with Gasteiger partial charge in [0.15, 0.2) is 0 Å². The molecule has 1 aliphatic heterocycles. The highest BCUT2D eigenvalue weighted by Crippen LogP contribution is 2.50. The molecule has 0 unspecified atom stereocenters. The van der Waals surface area contributed by atoms with Crippen molar-refractivity contribution in [2.75, 3.05) is 4.90 Å². The van der Waals surface area contributed by atoms with Crippen molar-refractivity contribution in [3.8, 4) is 0 Å². The first-order chi connectivity index (χ1) is 15.1. The molecule has 1 saturated heterocycles. The Morgan fingerprint density at radius 3 is 1.58 bits per heavy atom. The number of carbonyl (C=O) groups is 2. The predicted molar refractivity (Wildman–Crippen MR) is 123 cm³/mol. The molecule has 0 saturated carbocycles. The van der Waals surface area contributed by atoms with E-state index in [1.807, 2.05) is 92.7 Å². The highest BCUT2D eigenvalue weighted by atomic mass is 16.2. The van der Waals surface area contributed by atoms with E-state index >= 15 is 0 Å². The molecule has 0 spiro atoms. The second-order valence-electron chi connectivity index (χ2n) is 8.54. The molecule has 3 aromatic carbocycles. The smallest absolute Gasteiger partial charge is 0.238 e. The number of amides is 2. The van der Waals surface area contributed by atoms with Gasteiger partial charge in [0.05, 0.1) is 17.5 Å². The molecule has 154 valence electrons. The summed E-state index contributed by atoms with van der Waals surface area (Å²) >= 11 is 0. The molecule has 31 heavy (non-hydrogen) atoms. The number of hydrogen-bond acceptors (Lipinski definition) is 2. The maximum Gasteiger partial charge on any atom is 0.238 e. The number of fused-ring (bicyclic) bond motifs is 1. The summed E-state index contributed by atoms with van der Waals surface area (Å²) < 4.78 is 0. The Kier molecular flexibility index (Phi) is 4.82. The topological polar surface area (TPSA) is 37.4 Å². The molecule has 0 radical (unpaired) electrons. The first kappa shape index (κ1) is 19.5. The van der Waals surface area contributed by atoms with Gasteiger partial charge in [-0.1, -0.05) is 84.9 Å². The highest BCUT2D eigenvalue weighted by Gasteiger charge is 2.55. The van der Waals surface area contributed by atoms with Gasteiger partial charge in [0.2, 0.25) is 11.8 Å². The molecule has 1 heterocycles. The minimum Gasteiger partial charge on any atom is -0.274 e. The average molecular weight is 408 g/mol. The summed E-state index contributed by atoms with van der Waals surface area (Å²) in [6, 6.07) is 25.9. The Bertz CT molecular complexity index is 1100. The van der Waals surface area contributed by atoms with Crippen molar-refractivity contribution in [1.29, 1.82) is 0 Å². The van der Waals surface area contributed by atoms with Crippen LogP contribution in [0.25, 0.3) is 0 Å². The lowest BCUT2D eigenvalue weighted by Crippen LogP contribution is -2.32. The molecule has 0 N–H and O–H groups in total. The van der Waals surface area contributed by atoms with Gasteiger partial charge in [-0.3, -0.25) is 9.59 Å². The fourth-order valence-electron chi connectivity index (χ4n) is 5.15. The van der Waals surface area contributed by atoms with E-state index < -0.39 is 11.8 Å². The molecule has 3 aromatic rings. The average Bonchev–Trinajstić information content (AvgIpc) is 3.07. The number of nitrogens with zero attached hydrogens (tertiary/aromatic N) is 1. The van der Waals surface area contributed by atoms with E-state index in [1.54, 1.807) is 0 Å². The van der Waals surface area contributed by atoms with E-state index in [2.05, 4.69) is 12.2 Å². The summed E-state index contributed by atoms with van der Waals surface area (Å²) in [7, 11) is 0. The summed E-state index contributed by atoms with van der Waals surface area (Å²) in [6.07, 6.45) is 4.26. The molecule has 4 atom stereocenters. The van der Waals surface area contributed by atoms with Crippen molar-refractivity contribution < 1.29 is 9.59 Å². The molecule has 3 heteroatoms. The SMILES string of the molecule is Cc1cccc(N2C(=O)[C@@H]3[C@H](C2=O)[C@@H](c2ccccc2)C=C[C@H]3c2ccccc2)c1C. The fourth-order valence-corrected chi connectivity index (χ4v) is 5.15. The number of anilines is 1. The number of aryl methyl sites for hydroxylation is 1. The molecule has 1 fully saturated rings. The molecule has 0 bridgehead atoms. The Morgan fingerprint density at radius 1 is 0.613 bits per heavy atom. The van der Waals surface area contributed by atoms with Crippen molar-refractivity contribution in [2.24, 2.45) is 11.8 Å². The lowest BCUT2D eigenvalue weighted by molar-refractivity contribution is -0.122. The van der Waals surface area contributed by atoms with Gasteiger partial charge in [-0.05, 0) is 42.2 Å².